The van der Waals surface area contributed by atoms with Crippen molar-refractivity contribution in [3.63, 3.8) is 0 Å². The van der Waals surface area contributed by atoms with Crippen LogP contribution in [0.25, 0.3) is 0 Å². The van der Waals surface area contributed by atoms with Gasteiger partial charge in [-0.3, -0.25) is 0 Å². The van der Waals surface area contributed by atoms with Crippen LogP contribution in [0.5, 0.6) is 5.75 Å². The largest absolute Gasteiger partial charge is 0.497 e. The molecule has 0 unspecified atom stereocenters. The molecular formula is C60H108O8Si3. The summed E-state index contributed by atoms with van der Waals surface area (Å²) < 4.78 is 39.2. The smallest absolute Gasteiger partial charge is 0.330 e. The average Bonchev–Trinajstić information content (AvgIpc) is 3.25. The Balaban J connectivity index is 3.53. The number of allylic oxidation sites excluding steroid dienone is 4. The molecule has 11 atom stereocenters. The summed E-state index contributed by atoms with van der Waals surface area (Å²) in [5.74, 6) is 1.49. The lowest BCUT2D eigenvalue weighted by atomic mass is 9.82. The summed E-state index contributed by atoms with van der Waals surface area (Å²) in [7, 11) is -4.84. The first-order chi connectivity index (χ1) is 32.5. The lowest BCUT2D eigenvalue weighted by Crippen LogP contribution is -2.48. The van der Waals surface area contributed by atoms with Gasteiger partial charge in [-0.05, 0) is 122 Å². The minimum absolute atomic E-state index is 0.00208. The van der Waals surface area contributed by atoms with E-state index in [0.29, 0.717) is 25.6 Å². The molecular weight excluding hydrogens is 933 g/mol. The van der Waals surface area contributed by atoms with Gasteiger partial charge in [-0.15, -0.1) is 0 Å². The minimum atomic E-state index is -2.19. The first-order valence-electron chi connectivity index (χ1n) is 27.0. The van der Waals surface area contributed by atoms with Crippen molar-refractivity contribution in [1.82, 2.24) is 0 Å². The average molecular weight is 1040 g/mol. The summed E-state index contributed by atoms with van der Waals surface area (Å²) >= 11 is 0. The van der Waals surface area contributed by atoms with Crippen molar-refractivity contribution in [3.05, 3.63) is 91.1 Å². The number of carbonyl (C=O) groups is 1. The third-order valence-corrected chi connectivity index (χ3v) is 29.5. The van der Waals surface area contributed by atoms with Gasteiger partial charge in [-0.25, -0.2) is 4.79 Å². The SMILES string of the molecule is C=C/C=C\[C@H](C)[C@H](OCc1ccc(OC)cc1)[C@@H](C)[C@@H](CC[C@H](C)C[C@H](C)[C@@H](O[Si](C)(C)C(C)(C)C)[C@@H](C)/C=C\[C@@H](O)C[C@H](O[Si](C)(C)C(C)(C)C)[C@H](C)/C=C/C=C\C(=O)OCC)O[Si](C)(C)C(C)(C)C. The van der Waals surface area contributed by atoms with Crippen LogP contribution >= 0.6 is 0 Å². The molecule has 0 saturated heterocycles. The second-order valence-corrected chi connectivity index (χ2v) is 39.7. The number of esters is 1. The number of carbonyl (C=O) groups excluding carboxylic acids is 1. The molecule has 0 radical (unpaired) electrons. The highest BCUT2D eigenvalue weighted by Crippen LogP contribution is 2.43. The molecule has 0 heterocycles. The maximum Gasteiger partial charge on any atom is 0.330 e. The van der Waals surface area contributed by atoms with Gasteiger partial charge in [0.2, 0.25) is 0 Å². The standard InChI is InChI=1S/C60H108O8Si3/c1-25-27-30-46(5)57(65-43-50-35-38-52(63-18)39-36-50)49(8)53(66-69(19,20)58(9,10)11)40-33-44(3)41-48(7)56(68-71(23,24)60(15,16)17)47(6)34-37-51(61)42-54(67-70(21,22)59(12,13)14)45(4)31-28-29-32-55(62)64-26-2/h25,27-32,34-39,44-49,51,53-54,56-57,61H,1,26,33,40-43H2,2-24H3/b30-27-,31-28+,32-29-,37-34-/t44-,45+,46-,47-,48-,49-,51+,53+,54-,56-,57-/m0/s1. The summed E-state index contributed by atoms with van der Waals surface area (Å²) in [6.07, 6.45) is 19.7. The van der Waals surface area contributed by atoms with Gasteiger partial charge in [-0.2, -0.15) is 0 Å². The molecule has 11 heteroatoms. The molecule has 0 amide bonds. The summed E-state index contributed by atoms with van der Waals surface area (Å²) in [5, 5.41) is 11.9. The topological polar surface area (TPSA) is 92.7 Å². The highest BCUT2D eigenvalue weighted by atomic mass is 28.4. The Hall–Kier alpha value is -2.36. The zero-order valence-electron chi connectivity index (χ0n) is 49.6. The van der Waals surface area contributed by atoms with Crippen LogP contribution in [0.3, 0.4) is 0 Å². The van der Waals surface area contributed by atoms with Crippen molar-refractivity contribution >= 4 is 30.9 Å². The summed E-state index contributed by atoms with van der Waals surface area (Å²) in [6, 6.07) is 8.15. The molecule has 0 aromatic heterocycles. The number of rotatable bonds is 31. The molecule has 0 bridgehead atoms. The molecule has 408 valence electrons. The Bertz CT molecular complexity index is 1810. The fourth-order valence-corrected chi connectivity index (χ4v) is 12.5. The zero-order valence-corrected chi connectivity index (χ0v) is 52.6. The van der Waals surface area contributed by atoms with E-state index < -0.39 is 31.1 Å². The first-order valence-corrected chi connectivity index (χ1v) is 35.7. The van der Waals surface area contributed by atoms with E-state index in [0.717, 1.165) is 30.6 Å². The quantitative estimate of drug-likeness (QED) is 0.0258. The van der Waals surface area contributed by atoms with Gasteiger partial charge in [-0.1, -0.05) is 171 Å². The number of hydrogen-bond acceptors (Lipinski definition) is 8. The number of aliphatic hydroxyl groups is 1. The van der Waals surface area contributed by atoms with Crippen LogP contribution in [0, 0.1) is 35.5 Å². The maximum absolute atomic E-state index is 11.9. The monoisotopic (exact) mass is 1040 g/mol. The molecule has 0 aliphatic heterocycles. The second-order valence-electron chi connectivity index (χ2n) is 25.4. The van der Waals surface area contributed by atoms with E-state index >= 15 is 0 Å². The summed E-state index contributed by atoms with van der Waals surface area (Å²) in [4.78, 5) is 11.9. The predicted molar refractivity (Wildman–Crippen MR) is 311 cm³/mol. The van der Waals surface area contributed by atoms with Crippen molar-refractivity contribution in [2.75, 3.05) is 13.7 Å². The normalized spacial score (nSPS) is 18.5. The fourth-order valence-electron chi connectivity index (χ4n) is 8.19. The Labute approximate surface area is 440 Å². The maximum atomic E-state index is 11.9. The zero-order chi connectivity index (χ0) is 54.8. The Morgan fingerprint density at radius 1 is 0.648 bits per heavy atom. The highest BCUT2D eigenvalue weighted by molar-refractivity contribution is 6.75. The van der Waals surface area contributed by atoms with Crippen molar-refractivity contribution in [3.8, 4) is 5.75 Å². The molecule has 0 spiro atoms. The van der Waals surface area contributed by atoms with Crippen molar-refractivity contribution in [2.24, 2.45) is 35.5 Å². The van der Waals surface area contributed by atoms with Gasteiger partial charge in [0.15, 0.2) is 25.0 Å². The lowest BCUT2D eigenvalue weighted by molar-refractivity contribution is -0.137. The number of aliphatic hydroxyl groups excluding tert-OH is 1. The van der Waals surface area contributed by atoms with E-state index in [4.69, 9.17) is 27.5 Å². The van der Waals surface area contributed by atoms with Crippen LogP contribution in [-0.4, -0.2) is 80.3 Å². The Kier molecular flexibility index (Phi) is 27.8. The van der Waals surface area contributed by atoms with E-state index in [2.05, 4.69) is 180 Å². The third kappa shape index (κ3) is 23.0. The Morgan fingerprint density at radius 2 is 1.15 bits per heavy atom. The van der Waals surface area contributed by atoms with Crippen LogP contribution < -0.4 is 4.74 Å². The fraction of sp³-hybridized carbons (Fsp3) is 0.717. The van der Waals surface area contributed by atoms with Crippen molar-refractivity contribution in [2.45, 2.75) is 228 Å². The summed E-state index contributed by atoms with van der Waals surface area (Å²) in [6.45, 7) is 54.9. The molecule has 0 fully saturated rings. The molecule has 0 saturated carbocycles. The number of hydrogen-bond donors (Lipinski definition) is 1. The summed E-state index contributed by atoms with van der Waals surface area (Å²) in [5.41, 5.74) is 1.11. The molecule has 0 aliphatic carbocycles. The van der Waals surface area contributed by atoms with Gasteiger partial charge < -0.3 is 32.6 Å². The highest BCUT2D eigenvalue weighted by Gasteiger charge is 2.44. The van der Waals surface area contributed by atoms with Crippen LogP contribution in [0.4, 0.5) is 0 Å². The van der Waals surface area contributed by atoms with Gasteiger partial charge in [0.25, 0.3) is 0 Å². The minimum Gasteiger partial charge on any atom is -0.497 e. The van der Waals surface area contributed by atoms with E-state index in [1.807, 2.05) is 36.4 Å². The molecule has 1 rings (SSSR count). The molecule has 0 aliphatic rings. The number of methoxy groups -OCH3 is 1. The molecule has 71 heavy (non-hydrogen) atoms. The van der Waals surface area contributed by atoms with Crippen LogP contribution in [0.2, 0.25) is 54.4 Å². The van der Waals surface area contributed by atoms with E-state index in [1.54, 1.807) is 20.1 Å². The van der Waals surface area contributed by atoms with Crippen LogP contribution in [0.1, 0.15) is 142 Å². The van der Waals surface area contributed by atoms with E-state index in [1.165, 1.54) is 6.08 Å². The molecule has 1 aromatic rings. The van der Waals surface area contributed by atoms with E-state index in [-0.39, 0.29) is 75.1 Å². The van der Waals surface area contributed by atoms with Crippen molar-refractivity contribution < 1.29 is 37.4 Å². The number of ether oxygens (including phenoxy) is 3. The van der Waals surface area contributed by atoms with E-state index in [9.17, 15) is 9.90 Å². The van der Waals surface area contributed by atoms with Crippen molar-refractivity contribution in [1.29, 1.82) is 0 Å². The lowest BCUT2D eigenvalue weighted by Gasteiger charge is -2.44. The third-order valence-electron chi connectivity index (χ3n) is 16.1. The predicted octanol–water partition coefficient (Wildman–Crippen LogP) is 16.5. The molecule has 1 N–H and O–H groups in total. The molecule has 8 nitrogen and oxygen atoms in total. The molecule has 1 aromatic carbocycles. The first kappa shape index (κ1) is 66.7. The van der Waals surface area contributed by atoms with Crippen LogP contribution in [-0.2, 0) is 34.2 Å². The second kappa shape index (κ2) is 29.7. The van der Waals surface area contributed by atoms with Gasteiger partial charge in [0.05, 0.1) is 50.8 Å². The van der Waals surface area contributed by atoms with Crippen LogP contribution in [0.15, 0.2) is 85.5 Å². The number of benzene rings is 1. The van der Waals surface area contributed by atoms with Gasteiger partial charge in [0, 0.05) is 24.3 Å². The Morgan fingerprint density at radius 3 is 1.66 bits per heavy atom. The van der Waals surface area contributed by atoms with Gasteiger partial charge in [0.1, 0.15) is 5.75 Å². The van der Waals surface area contributed by atoms with Gasteiger partial charge >= 0.3 is 5.97 Å².